The summed E-state index contributed by atoms with van der Waals surface area (Å²) >= 11 is 0. The van der Waals surface area contributed by atoms with E-state index < -0.39 is 0 Å². The zero-order chi connectivity index (χ0) is 14.2. The first-order valence-electron chi connectivity index (χ1n) is 7.39. The zero-order valence-electron chi connectivity index (χ0n) is 12.0. The van der Waals surface area contributed by atoms with Gasteiger partial charge >= 0.3 is 0 Å². The van der Waals surface area contributed by atoms with Gasteiger partial charge < -0.3 is 14.7 Å². The number of nitrogens with zero attached hydrogens (tertiary/aromatic N) is 1. The van der Waals surface area contributed by atoms with Crippen LogP contribution in [0.4, 0.5) is 0 Å². The van der Waals surface area contributed by atoms with Crippen molar-refractivity contribution < 1.29 is 14.7 Å². The topological polar surface area (TPSA) is 51.0 Å². The Morgan fingerprint density at radius 2 is 2.35 bits per heavy atom. The Labute approximate surface area is 120 Å². The summed E-state index contributed by atoms with van der Waals surface area (Å²) in [6.07, 6.45) is 7.01. The van der Waals surface area contributed by atoms with Crippen LogP contribution in [0.2, 0.25) is 0 Å². The molecule has 1 heterocycles. The molecule has 1 N–H and O–H groups in total. The van der Waals surface area contributed by atoms with E-state index in [1.165, 1.54) is 5.56 Å². The van der Waals surface area contributed by atoms with Crippen molar-refractivity contribution in [2.45, 2.75) is 45.1 Å². The van der Waals surface area contributed by atoms with E-state index in [9.17, 15) is 0 Å². The lowest BCUT2D eigenvalue weighted by Gasteiger charge is -2.26. The average Bonchev–Trinajstić information content (AvgIpc) is 2.48. The third-order valence-corrected chi connectivity index (χ3v) is 3.45. The fourth-order valence-corrected chi connectivity index (χ4v) is 2.40. The molecule has 0 aromatic heterocycles. The van der Waals surface area contributed by atoms with Gasteiger partial charge in [0.25, 0.3) is 0 Å². The first-order chi connectivity index (χ1) is 9.83. The van der Waals surface area contributed by atoms with E-state index in [1.807, 2.05) is 19.1 Å². The van der Waals surface area contributed by atoms with Crippen molar-refractivity contribution >= 4 is 6.21 Å². The lowest BCUT2D eigenvalue weighted by molar-refractivity contribution is 0.156. The number of unbranched alkanes of at least 4 members (excludes halogenated alkanes) is 1. The SMILES string of the molecule is CCON=Cc1ccc2c(c1)CCC(CCCCO)O2. The van der Waals surface area contributed by atoms with Crippen molar-refractivity contribution in [2.24, 2.45) is 5.16 Å². The van der Waals surface area contributed by atoms with Gasteiger partial charge in [-0.2, -0.15) is 0 Å². The number of ether oxygens (including phenoxy) is 1. The Morgan fingerprint density at radius 1 is 1.45 bits per heavy atom. The molecule has 0 aliphatic carbocycles. The maximum Gasteiger partial charge on any atom is 0.122 e. The summed E-state index contributed by atoms with van der Waals surface area (Å²) in [6.45, 7) is 2.76. The van der Waals surface area contributed by atoms with E-state index in [0.717, 1.165) is 43.4 Å². The molecule has 4 nitrogen and oxygen atoms in total. The summed E-state index contributed by atoms with van der Waals surface area (Å²) in [7, 11) is 0. The molecular weight excluding hydrogens is 254 g/mol. The molecule has 110 valence electrons. The third-order valence-electron chi connectivity index (χ3n) is 3.45. The van der Waals surface area contributed by atoms with E-state index in [4.69, 9.17) is 14.7 Å². The van der Waals surface area contributed by atoms with Crippen LogP contribution in [0.15, 0.2) is 23.4 Å². The van der Waals surface area contributed by atoms with Gasteiger partial charge in [-0.1, -0.05) is 5.16 Å². The van der Waals surface area contributed by atoms with Gasteiger partial charge in [-0.05, 0) is 68.4 Å². The van der Waals surface area contributed by atoms with Crippen LogP contribution in [0.3, 0.4) is 0 Å². The van der Waals surface area contributed by atoms with Crippen LogP contribution in [0.25, 0.3) is 0 Å². The predicted octanol–water partition coefficient (Wildman–Crippen LogP) is 2.91. The van der Waals surface area contributed by atoms with Crippen LogP contribution in [0.5, 0.6) is 5.75 Å². The Kier molecular flexibility index (Phi) is 5.87. The molecule has 2 rings (SSSR count). The second-order valence-corrected chi connectivity index (χ2v) is 5.02. The van der Waals surface area contributed by atoms with Gasteiger partial charge in [-0.3, -0.25) is 0 Å². The van der Waals surface area contributed by atoms with Gasteiger partial charge in [0, 0.05) is 6.61 Å². The van der Waals surface area contributed by atoms with Gasteiger partial charge in [0.1, 0.15) is 12.4 Å². The van der Waals surface area contributed by atoms with Crippen LogP contribution < -0.4 is 4.74 Å². The molecule has 0 spiro atoms. The van der Waals surface area contributed by atoms with Crippen LogP contribution in [-0.4, -0.2) is 30.6 Å². The highest BCUT2D eigenvalue weighted by Crippen LogP contribution is 2.29. The molecule has 0 saturated carbocycles. The van der Waals surface area contributed by atoms with Gasteiger partial charge in [0.05, 0.1) is 12.3 Å². The van der Waals surface area contributed by atoms with Crippen molar-refractivity contribution in [1.29, 1.82) is 0 Å². The van der Waals surface area contributed by atoms with Crippen molar-refractivity contribution in [3.8, 4) is 5.75 Å². The highest BCUT2D eigenvalue weighted by Gasteiger charge is 2.19. The minimum Gasteiger partial charge on any atom is -0.490 e. The number of hydrogen-bond acceptors (Lipinski definition) is 4. The highest BCUT2D eigenvalue weighted by molar-refractivity contribution is 5.79. The van der Waals surface area contributed by atoms with Crippen LogP contribution in [-0.2, 0) is 11.3 Å². The number of aliphatic hydroxyl groups excluding tert-OH is 1. The molecule has 1 aliphatic rings. The number of hydrogen-bond donors (Lipinski definition) is 1. The van der Waals surface area contributed by atoms with E-state index >= 15 is 0 Å². The van der Waals surface area contributed by atoms with Crippen molar-refractivity contribution in [3.05, 3.63) is 29.3 Å². The smallest absolute Gasteiger partial charge is 0.122 e. The number of aryl methyl sites for hydroxylation is 1. The largest absolute Gasteiger partial charge is 0.490 e. The average molecular weight is 277 g/mol. The Hall–Kier alpha value is -1.55. The maximum atomic E-state index is 8.81. The Bertz CT molecular complexity index is 445. The Morgan fingerprint density at radius 3 is 3.15 bits per heavy atom. The molecule has 4 heteroatoms. The molecule has 1 aliphatic heterocycles. The molecule has 20 heavy (non-hydrogen) atoms. The Balaban J connectivity index is 1.93. The minimum absolute atomic E-state index is 0.270. The number of rotatable bonds is 7. The lowest BCUT2D eigenvalue weighted by Crippen LogP contribution is -2.22. The summed E-state index contributed by atoms with van der Waals surface area (Å²) in [6, 6.07) is 6.13. The fraction of sp³-hybridized carbons (Fsp3) is 0.562. The first-order valence-corrected chi connectivity index (χ1v) is 7.39. The van der Waals surface area contributed by atoms with E-state index in [1.54, 1.807) is 6.21 Å². The molecule has 0 bridgehead atoms. The van der Waals surface area contributed by atoms with E-state index in [-0.39, 0.29) is 12.7 Å². The minimum atomic E-state index is 0.270. The van der Waals surface area contributed by atoms with E-state index in [2.05, 4.69) is 11.2 Å². The summed E-state index contributed by atoms with van der Waals surface area (Å²) < 4.78 is 6.00. The second-order valence-electron chi connectivity index (χ2n) is 5.02. The molecule has 1 aromatic carbocycles. The summed E-state index contributed by atoms with van der Waals surface area (Å²) in [5.74, 6) is 0.985. The third kappa shape index (κ3) is 4.23. The summed E-state index contributed by atoms with van der Waals surface area (Å²) in [5.41, 5.74) is 2.28. The lowest BCUT2D eigenvalue weighted by atomic mass is 9.97. The summed E-state index contributed by atoms with van der Waals surface area (Å²) in [4.78, 5) is 4.97. The zero-order valence-corrected chi connectivity index (χ0v) is 12.0. The monoisotopic (exact) mass is 277 g/mol. The quantitative estimate of drug-likeness (QED) is 0.473. The standard InChI is InChI=1S/C16H23NO3/c1-2-19-17-12-13-6-9-16-14(11-13)7-8-15(20-16)5-3-4-10-18/h6,9,11-12,15,18H,2-5,7-8,10H2,1H3. The number of aliphatic hydroxyl groups is 1. The maximum absolute atomic E-state index is 8.81. The summed E-state index contributed by atoms with van der Waals surface area (Å²) in [5, 5.41) is 12.7. The van der Waals surface area contributed by atoms with Crippen LogP contribution >= 0.6 is 0 Å². The number of oxime groups is 1. The van der Waals surface area contributed by atoms with Gasteiger partial charge in [0.15, 0.2) is 0 Å². The fourth-order valence-electron chi connectivity index (χ4n) is 2.40. The highest BCUT2D eigenvalue weighted by atomic mass is 16.6. The first kappa shape index (κ1) is 14.9. The molecule has 1 aromatic rings. The molecule has 0 fully saturated rings. The van der Waals surface area contributed by atoms with E-state index in [0.29, 0.717) is 6.61 Å². The molecule has 1 atom stereocenters. The van der Waals surface area contributed by atoms with Gasteiger partial charge in [0.2, 0.25) is 0 Å². The predicted molar refractivity (Wildman–Crippen MR) is 79.3 cm³/mol. The number of benzene rings is 1. The molecule has 0 saturated heterocycles. The van der Waals surface area contributed by atoms with Gasteiger partial charge in [-0.25, -0.2) is 0 Å². The molecule has 1 unspecified atom stereocenters. The number of fused-ring (bicyclic) bond motifs is 1. The van der Waals surface area contributed by atoms with Crippen LogP contribution in [0, 0.1) is 0 Å². The van der Waals surface area contributed by atoms with Gasteiger partial charge in [-0.15, -0.1) is 0 Å². The second kappa shape index (κ2) is 7.90. The van der Waals surface area contributed by atoms with Crippen molar-refractivity contribution in [2.75, 3.05) is 13.2 Å². The molecule has 0 radical (unpaired) electrons. The molecule has 0 amide bonds. The normalized spacial score (nSPS) is 17.8. The van der Waals surface area contributed by atoms with Crippen molar-refractivity contribution in [3.63, 3.8) is 0 Å². The molecular formula is C16H23NO3. The van der Waals surface area contributed by atoms with Crippen molar-refractivity contribution in [1.82, 2.24) is 0 Å². The van der Waals surface area contributed by atoms with Crippen LogP contribution in [0.1, 0.15) is 43.7 Å².